The number of anilines is 1. The number of carbonyl (C=O) groups is 2. The van der Waals surface area contributed by atoms with Crippen molar-refractivity contribution in [3.05, 3.63) is 50.8 Å². The van der Waals surface area contributed by atoms with E-state index in [1.807, 2.05) is 19.1 Å². The highest BCUT2D eigenvalue weighted by Crippen LogP contribution is 2.25. The number of carbonyl (C=O) groups excluding carboxylic acids is 2. The highest BCUT2D eigenvalue weighted by atomic mass is 79.9. The summed E-state index contributed by atoms with van der Waals surface area (Å²) in [6.45, 7) is 6.65. The van der Waals surface area contributed by atoms with E-state index < -0.39 is 24.6 Å². The lowest BCUT2D eigenvalue weighted by molar-refractivity contribution is -0.119. The number of nitrogens with one attached hydrogen (secondary N) is 2. The van der Waals surface area contributed by atoms with Crippen LogP contribution in [0.1, 0.15) is 45.9 Å². The molecule has 0 spiro atoms. The summed E-state index contributed by atoms with van der Waals surface area (Å²) < 4.78 is 6.02. The number of aryl methyl sites for hydroxylation is 2. The minimum atomic E-state index is -0.693. The summed E-state index contributed by atoms with van der Waals surface area (Å²) in [6, 6.07) is 5.40. The van der Waals surface area contributed by atoms with Gasteiger partial charge in [0, 0.05) is 21.4 Å². The maximum atomic E-state index is 12.2. The van der Waals surface area contributed by atoms with E-state index in [1.165, 1.54) is 0 Å². The molecule has 0 aliphatic heterocycles. The number of benzene rings is 1. The van der Waals surface area contributed by atoms with E-state index in [2.05, 4.69) is 26.2 Å². The number of aliphatic hydroxyl groups excluding tert-OH is 1. The highest BCUT2D eigenvalue weighted by Gasteiger charge is 2.21. The molecular formula is C18H21BrN2O4. The summed E-state index contributed by atoms with van der Waals surface area (Å²) in [7, 11) is 0. The Morgan fingerprint density at radius 2 is 2.00 bits per heavy atom. The molecule has 7 heteroatoms. The van der Waals surface area contributed by atoms with Gasteiger partial charge in [-0.2, -0.15) is 0 Å². The number of halogens is 1. The van der Waals surface area contributed by atoms with Crippen molar-refractivity contribution in [2.75, 3.05) is 11.9 Å². The molecule has 2 rings (SSSR count). The van der Waals surface area contributed by atoms with Crippen LogP contribution in [-0.4, -0.2) is 28.6 Å². The molecule has 1 aromatic heterocycles. The molecule has 0 saturated carbocycles. The molecule has 2 aromatic rings. The average molecular weight is 409 g/mol. The number of esters is 1. The molecule has 0 unspecified atom stereocenters. The van der Waals surface area contributed by atoms with Crippen molar-refractivity contribution >= 4 is 33.5 Å². The molecule has 25 heavy (non-hydrogen) atoms. The van der Waals surface area contributed by atoms with Crippen LogP contribution in [-0.2, 0) is 9.53 Å². The summed E-state index contributed by atoms with van der Waals surface area (Å²) in [4.78, 5) is 27.1. The Morgan fingerprint density at radius 3 is 2.56 bits per heavy atom. The number of hydrogen-bond donors (Lipinski definition) is 3. The summed E-state index contributed by atoms with van der Waals surface area (Å²) in [5.74, 6) is -1.05. The van der Waals surface area contributed by atoms with E-state index in [0.29, 0.717) is 22.5 Å². The molecule has 0 bridgehead atoms. The maximum Gasteiger partial charge on any atom is 0.355 e. The summed E-state index contributed by atoms with van der Waals surface area (Å²) in [5.41, 5.74) is 3.86. The van der Waals surface area contributed by atoms with Crippen LogP contribution in [0.15, 0.2) is 22.7 Å². The second-order valence-electron chi connectivity index (χ2n) is 5.93. The van der Waals surface area contributed by atoms with Crippen LogP contribution in [0.3, 0.4) is 0 Å². The van der Waals surface area contributed by atoms with Gasteiger partial charge in [-0.3, -0.25) is 4.79 Å². The van der Waals surface area contributed by atoms with Crippen LogP contribution >= 0.6 is 15.9 Å². The van der Waals surface area contributed by atoms with E-state index >= 15 is 0 Å². The summed E-state index contributed by atoms with van der Waals surface area (Å²) in [5, 5.41) is 12.4. The molecule has 1 amide bonds. The first-order valence-corrected chi connectivity index (χ1v) is 8.60. The van der Waals surface area contributed by atoms with E-state index in [9.17, 15) is 14.7 Å². The van der Waals surface area contributed by atoms with Crippen molar-refractivity contribution in [3.8, 4) is 0 Å². The number of amides is 1. The van der Waals surface area contributed by atoms with Crippen molar-refractivity contribution in [2.45, 2.75) is 33.8 Å². The predicted molar refractivity (Wildman–Crippen MR) is 98.7 cm³/mol. The smallest absolute Gasteiger partial charge is 0.355 e. The van der Waals surface area contributed by atoms with E-state index in [4.69, 9.17) is 4.74 Å². The highest BCUT2D eigenvalue weighted by molar-refractivity contribution is 9.10. The van der Waals surface area contributed by atoms with Gasteiger partial charge in [-0.05, 0) is 57.0 Å². The Hall–Kier alpha value is -2.12. The fourth-order valence-corrected chi connectivity index (χ4v) is 2.96. The molecule has 3 N–H and O–H groups in total. The molecule has 0 fully saturated rings. The monoisotopic (exact) mass is 408 g/mol. The lowest BCUT2D eigenvalue weighted by atomic mass is 10.1. The molecule has 1 atom stereocenters. The third-order valence-corrected chi connectivity index (χ3v) is 4.78. The van der Waals surface area contributed by atoms with Gasteiger partial charge in [0.2, 0.25) is 0 Å². The van der Waals surface area contributed by atoms with E-state index in [0.717, 1.165) is 10.0 Å². The molecule has 0 radical (unpaired) electrons. The number of aliphatic hydroxyl groups is 1. The van der Waals surface area contributed by atoms with Crippen molar-refractivity contribution < 1.29 is 19.4 Å². The van der Waals surface area contributed by atoms with Crippen molar-refractivity contribution in [1.82, 2.24) is 4.98 Å². The van der Waals surface area contributed by atoms with Gasteiger partial charge >= 0.3 is 5.97 Å². The quantitative estimate of drug-likeness (QED) is 0.659. The van der Waals surface area contributed by atoms with Crippen LogP contribution in [0.2, 0.25) is 0 Å². The Bertz CT molecular complexity index is 812. The molecule has 1 heterocycles. The van der Waals surface area contributed by atoms with Gasteiger partial charge in [0.15, 0.2) is 6.61 Å². The van der Waals surface area contributed by atoms with Gasteiger partial charge in [-0.1, -0.05) is 15.9 Å². The minimum Gasteiger partial charge on any atom is -0.451 e. The summed E-state index contributed by atoms with van der Waals surface area (Å²) in [6.07, 6.45) is -0.693. The maximum absolute atomic E-state index is 12.2. The van der Waals surface area contributed by atoms with Crippen molar-refractivity contribution in [3.63, 3.8) is 0 Å². The molecule has 0 aliphatic carbocycles. The van der Waals surface area contributed by atoms with Gasteiger partial charge in [-0.15, -0.1) is 0 Å². The zero-order chi connectivity index (χ0) is 18.7. The van der Waals surface area contributed by atoms with Crippen molar-refractivity contribution in [1.29, 1.82) is 0 Å². The first kappa shape index (κ1) is 19.2. The minimum absolute atomic E-state index is 0.251. The SMILES string of the molecule is Cc1cc(NC(=O)COC(=O)c2[nH]c(C)c([C@@H](C)O)c2C)ccc1Br. The van der Waals surface area contributed by atoms with Crippen LogP contribution in [0.4, 0.5) is 5.69 Å². The third-order valence-electron chi connectivity index (χ3n) is 3.89. The second-order valence-corrected chi connectivity index (χ2v) is 6.78. The van der Waals surface area contributed by atoms with Gasteiger partial charge in [0.25, 0.3) is 5.91 Å². The number of H-pyrrole nitrogens is 1. The largest absolute Gasteiger partial charge is 0.451 e. The van der Waals surface area contributed by atoms with Gasteiger partial charge in [-0.25, -0.2) is 4.79 Å². The number of ether oxygens (including phenoxy) is 1. The van der Waals surface area contributed by atoms with Gasteiger partial charge in [0.1, 0.15) is 5.69 Å². The van der Waals surface area contributed by atoms with Gasteiger partial charge in [0.05, 0.1) is 6.10 Å². The average Bonchev–Trinajstić information content (AvgIpc) is 2.83. The molecule has 6 nitrogen and oxygen atoms in total. The van der Waals surface area contributed by atoms with Crippen LogP contribution < -0.4 is 5.32 Å². The zero-order valence-corrected chi connectivity index (χ0v) is 16.2. The molecular weight excluding hydrogens is 388 g/mol. The Kier molecular flexibility index (Phi) is 6.02. The first-order chi connectivity index (χ1) is 11.7. The number of hydrogen-bond acceptors (Lipinski definition) is 4. The first-order valence-electron chi connectivity index (χ1n) is 7.81. The Labute approximate surface area is 154 Å². The molecule has 0 saturated heterocycles. The Morgan fingerprint density at radius 1 is 1.32 bits per heavy atom. The molecule has 134 valence electrons. The predicted octanol–water partition coefficient (Wildman–Crippen LogP) is 3.55. The van der Waals surface area contributed by atoms with E-state index in [-0.39, 0.29) is 5.69 Å². The lowest BCUT2D eigenvalue weighted by Gasteiger charge is -2.08. The molecule has 0 aliphatic rings. The van der Waals surface area contributed by atoms with Crippen molar-refractivity contribution in [2.24, 2.45) is 0 Å². The van der Waals surface area contributed by atoms with Crippen LogP contribution in [0, 0.1) is 20.8 Å². The van der Waals surface area contributed by atoms with Crippen LogP contribution in [0.25, 0.3) is 0 Å². The van der Waals surface area contributed by atoms with Gasteiger partial charge < -0.3 is 20.1 Å². The second kappa shape index (κ2) is 7.84. The standard InChI is InChI=1S/C18H21BrN2O4/c1-9-7-13(5-6-14(9)19)21-15(23)8-25-18(24)17-10(2)16(12(4)22)11(3)20-17/h5-7,12,20,22H,8H2,1-4H3,(H,21,23)/t12-/m1/s1. The van der Waals surface area contributed by atoms with Crippen LogP contribution in [0.5, 0.6) is 0 Å². The number of aromatic amines is 1. The summed E-state index contributed by atoms with van der Waals surface area (Å²) >= 11 is 3.39. The van der Waals surface area contributed by atoms with E-state index in [1.54, 1.807) is 26.8 Å². The lowest BCUT2D eigenvalue weighted by Crippen LogP contribution is -2.21. The topological polar surface area (TPSA) is 91.4 Å². The number of aromatic nitrogens is 1. The molecule has 1 aromatic carbocycles. The third kappa shape index (κ3) is 4.49. The fourth-order valence-electron chi connectivity index (χ4n) is 2.72. The normalized spacial score (nSPS) is 11.9. The zero-order valence-electron chi connectivity index (χ0n) is 14.6. The Balaban J connectivity index is 1.99. The number of rotatable bonds is 5. The fraction of sp³-hybridized carbons (Fsp3) is 0.333.